The number of oxazole rings is 1. The van der Waals surface area contributed by atoms with Gasteiger partial charge in [0.15, 0.2) is 23.1 Å². The summed E-state index contributed by atoms with van der Waals surface area (Å²) in [5, 5.41) is 8.60. The zero-order chi connectivity index (χ0) is 20.5. The maximum atomic E-state index is 13.0. The van der Waals surface area contributed by atoms with Crippen LogP contribution in [-0.2, 0) is 11.2 Å². The summed E-state index contributed by atoms with van der Waals surface area (Å²) in [6, 6.07) is 13.9. The van der Waals surface area contributed by atoms with E-state index in [1.54, 1.807) is 6.20 Å². The lowest BCUT2D eigenvalue weighted by molar-refractivity contribution is -0.132. The van der Waals surface area contributed by atoms with Gasteiger partial charge in [-0.05, 0) is 31.9 Å². The highest BCUT2D eigenvalue weighted by Gasteiger charge is 2.33. The summed E-state index contributed by atoms with van der Waals surface area (Å²) in [5.41, 5.74) is 2.99. The summed E-state index contributed by atoms with van der Waals surface area (Å²) in [5.74, 6) is 2.24. The number of likely N-dealkylation sites (tertiary alicyclic amines) is 1. The van der Waals surface area contributed by atoms with E-state index in [0.29, 0.717) is 18.7 Å². The van der Waals surface area contributed by atoms with Gasteiger partial charge in [0, 0.05) is 31.1 Å². The summed E-state index contributed by atoms with van der Waals surface area (Å²) < 4.78 is 7.84. The average Bonchev–Trinajstić information content (AvgIpc) is 3.51. The van der Waals surface area contributed by atoms with Crippen molar-refractivity contribution in [3.05, 3.63) is 72.1 Å². The first kappa shape index (κ1) is 18.5. The molecule has 7 heteroatoms. The minimum atomic E-state index is -0.0393. The summed E-state index contributed by atoms with van der Waals surface area (Å²) >= 11 is 0. The summed E-state index contributed by atoms with van der Waals surface area (Å²) in [6.07, 6.45) is 6.39. The molecule has 1 atom stereocenters. The van der Waals surface area contributed by atoms with Crippen LogP contribution in [0.1, 0.15) is 42.6 Å². The fourth-order valence-electron chi connectivity index (χ4n) is 4.06. The molecule has 1 amide bonds. The van der Waals surface area contributed by atoms with Crippen LogP contribution in [-0.4, -0.2) is 36.9 Å². The van der Waals surface area contributed by atoms with Crippen LogP contribution in [0.2, 0.25) is 0 Å². The van der Waals surface area contributed by atoms with Gasteiger partial charge in [0.05, 0.1) is 12.2 Å². The second-order valence-corrected chi connectivity index (χ2v) is 7.72. The number of rotatable bonds is 5. The monoisotopic (exact) mass is 401 g/mol. The Morgan fingerprint density at radius 2 is 2.03 bits per heavy atom. The van der Waals surface area contributed by atoms with E-state index in [1.807, 2.05) is 58.0 Å². The Hall–Kier alpha value is -3.48. The Bertz CT molecular complexity index is 1180. The molecule has 0 bridgehead atoms. The van der Waals surface area contributed by atoms with Crippen molar-refractivity contribution in [1.82, 2.24) is 24.5 Å². The standard InChI is InChI=1S/C23H23N5O2/c1-16-7-9-17(10-8-16)19-15-24-21(30-19)11-12-22(29)27-14-4-5-18(27)23-26-25-20-6-2-3-13-28(20)23/h2-3,6-10,13,15,18H,4-5,11-12,14H2,1H3. The van der Waals surface area contributed by atoms with E-state index in [0.717, 1.165) is 42.2 Å². The minimum Gasteiger partial charge on any atom is -0.441 e. The van der Waals surface area contributed by atoms with Crippen LogP contribution in [0.3, 0.4) is 0 Å². The minimum absolute atomic E-state index is 0.0393. The maximum absolute atomic E-state index is 13.0. The topological polar surface area (TPSA) is 76.5 Å². The quantitative estimate of drug-likeness (QED) is 0.505. The first-order valence-electron chi connectivity index (χ1n) is 10.3. The normalized spacial score (nSPS) is 16.4. The number of aryl methyl sites for hydroxylation is 2. The average molecular weight is 401 g/mol. The summed E-state index contributed by atoms with van der Waals surface area (Å²) in [4.78, 5) is 19.3. The Morgan fingerprint density at radius 1 is 1.17 bits per heavy atom. The Balaban J connectivity index is 1.27. The fraction of sp³-hybridized carbons (Fsp3) is 0.304. The largest absolute Gasteiger partial charge is 0.441 e. The second-order valence-electron chi connectivity index (χ2n) is 7.72. The lowest BCUT2D eigenvalue weighted by Gasteiger charge is -2.23. The molecule has 4 aromatic rings. The number of carbonyl (C=O) groups is 1. The van der Waals surface area contributed by atoms with Crippen molar-refractivity contribution < 1.29 is 9.21 Å². The van der Waals surface area contributed by atoms with Gasteiger partial charge in [-0.1, -0.05) is 35.9 Å². The molecule has 1 saturated heterocycles. The lowest BCUT2D eigenvalue weighted by atomic mass is 10.1. The van der Waals surface area contributed by atoms with Crippen molar-refractivity contribution in [2.24, 2.45) is 0 Å². The van der Waals surface area contributed by atoms with Gasteiger partial charge in [-0.25, -0.2) is 4.98 Å². The third-order valence-electron chi connectivity index (χ3n) is 5.65. The molecule has 1 aliphatic rings. The van der Waals surface area contributed by atoms with Crippen LogP contribution >= 0.6 is 0 Å². The first-order valence-corrected chi connectivity index (χ1v) is 10.3. The zero-order valence-corrected chi connectivity index (χ0v) is 16.9. The molecule has 4 heterocycles. The van der Waals surface area contributed by atoms with E-state index in [9.17, 15) is 4.79 Å². The molecule has 1 aliphatic heterocycles. The van der Waals surface area contributed by atoms with E-state index in [1.165, 1.54) is 5.56 Å². The molecule has 7 nitrogen and oxygen atoms in total. The maximum Gasteiger partial charge on any atom is 0.223 e. The number of aromatic nitrogens is 4. The summed E-state index contributed by atoms with van der Waals surface area (Å²) in [7, 11) is 0. The van der Waals surface area contributed by atoms with Crippen LogP contribution in [0.25, 0.3) is 17.0 Å². The molecule has 1 aromatic carbocycles. The highest BCUT2D eigenvalue weighted by molar-refractivity contribution is 5.77. The molecule has 5 rings (SSSR count). The molecular weight excluding hydrogens is 378 g/mol. The molecule has 0 N–H and O–H groups in total. The molecule has 152 valence electrons. The van der Waals surface area contributed by atoms with E-state index >= 15 is 0 Å². The van der Waals surface area contributed by atoms with Gasteiger partial charge in [0.2, 0.25) is 5.91 Å². The Morgan fingerprint density at radius 3 is 2.90 bits per heavy atom. The molecule has 0 spiro atoms. The summed E-state index contributed by atoms with van der Waals surface area (Å²) in [6.45, 7) is 2.79. The zero-order valence-electron chi connectivity index (χ0n) is 16.9. The van der Waals surface area contributed by atoms with Gasteiger partial charge < -0.3 is 9.32 Å². The highest BCUT2D eigenvalue weighted by Crippen LogP contribution is 2.32. The van der Waals surface area contributed by atoms with Crippen molar-refractivity contribution in [2.75, 3.05) is 6.54 Å². The van der Waals surface area contributed by atoms with Crippen LogP contribution in [0.4, 0.5) is 0 Å². The van der Waals surface area contributed by atoms with Crippen molar-refractivity contribution >= 4 is 11.6 Å². The Labute approximate surface area is 174 Å². The molecule has 30 heavy (non-hydrogen) atoms. The van der Waals surface area contributed by atoms with Gasteiger partial charge in [-0.2, -0.15) is 0 Å². The number of pyridine rings is 1. The van der Waals surface area contributed by atoms with Crippen LogP contribution in [0, 0.1) is 6.92 Å². The number of hydrogen-bond donors (Lipinski definition) is 0. The van der Waals surface area contributed by atoms with Crippen LogP contribution < -0.4 is 0 Å². The second kappa shape index (κ2) is 7.74. The highest BCUT2D eigenvalue weighted by atomic mass is 16.4. The van der Waals surface area contributed by atoms with E-state index in [-0.39, 0.29) is 11.9 Å². The molecule has 3 aromatic heterocycles. The predicted molar refractivity (Wildman–Crippen MR) is 112 cm³/mol. The molecule has 1 unspecified atom stereocenters. The SMILES string of the molecule is Cc1ccc(-c2cnc(CCC(=O)N3CCCC3c3nnc4ccccn34)o2)cc1. The third-order valence-corrected chi connectivity index (χ3v) is 5.65. The van der Waals surface area contributed by atoms with Gasteiger partial charge in [-0.3, -0.25) is 9.20 Å². The molecule has 1 fully saturated rings. The number of amides is 1. The van der Waals surface area contributed by atoms with Gasteiger partial charge in [0.25, 0.3) is 0 Å². The van der Waals surface area contributed by atoms with Crippen molar-refractivity contribution in [1.29, 1.82) is 0 Å². The molecule has 0 saturated carbocycles. The van der Waals surface area contributed by atoms with Crippen LogP contribution in [0.5, 0.6) is 0 Å². The number of hydrogen-bond acceptors (Lipinski definition) is 5. The van der Waals surface area contributed by atoms with Crippen molar-refractivity contribution in [3.63, 3.8) is 0 Å². The van der Waals surface area contributed by atoms with E-state index < -0.39 is 0 Å². The van der Waals surface area contributed by atoms with Gasteiger partial charge in [-0.15, -0.1) is 10.2 Å². The predicted octanol–water partition coefficient (Wildman–Crippen LogP) is 3.99. The van der Waals surface area contributed by atoms with Crippen molar-refractivity contribution in [2.45, 2.75) is 38.6 Å². The first-order chi connectivity index (χ1) is 14.7. The number of fused-ring (bicyclic) bond motifs is 1. The molecule has 0 aliphatic carbocycles. The van der Waals surface area contributed by atoms with Crippen LogP contribution in [0.15, 0.2) is 59.3 Å². The number of nitrogens with zero attached hydrogens (tertiary/aromatic N) is 5. The van der Waals surface area contributed by atoms with E-state index in [2.05, 4.69) is 22.1 Å². The smallest absolute Gasteiger partial charge is 0.223 e. The van der Waals surface area contributed by atoms with Gasteiger partial charge >= 0.3 is 0 Å². The van der Waals surface area contributed by atoms with Gasteiger partial charge in [0.1, 0.15) is 0 Å². The molecular formula is C23H23N5O2. The van der Waals surface area contributed by atoms with E-state index in [4.69, 9.17) is 4.42 Å². The third kappa shape index (κ3) is 3.47. The van der Waals surface area contributed by atoms with Crippen molar-refractivity contribution in [3.8, 4) is 11.3 Å². The Kier molecular flexibility index (Phi) is 4.78. The lowest BCUT2D eigenvalue weighted by Crippen LogP contribution is -2.31. The number of carbonyl (C=O) groups excluding carboxylic acids is 1. The fourth-order valence-corrected chi connectivity index (χ4v) is 4.06. The molecule has 0 radical (unpaired) electrons. The number of benzene rings is 1.